The average Bonchev–Trinajstić information content (AvgIpc) is 3.26. The number of Topliss-reactive ketones (excluding diaryl/α,β-unsaturated/α-hetero) is 1. The van der Waals surface area contributed by atoms with Gasteiger partial charge in [0.25, 0.3) is 5.89 Å². The summed E-state index contributed by atoms with van der Waals surface area (Å²) >= 11 is 20.8. The average molecular weight is 597 g/mol. The van der Waals surface area contributed by atoms with Crippen LogP contribution in [0.1, 0.15) is 42.4 Å². The lowest BCUT2D eigenvalue weighted by molar-refractivity contribution is -0.117. The molecule has 12 heteroatoms. The molecule has 3 heterocycles. The maximum Gasteiger partial charge on any atom is 0.268 e. The fraction of sp³-hybridized carbons (Fsp3) is 0.280. The van der Waals surface area contributed by atoms with Crippen LogP contribution in [0.3, 0.4) is 0 Å². The summed E-state index contributed by atoms with van der Waals surface area (Å²) in [6.45, 7) is 1.57. The van der Waals surface area contributed by atoms with E-state index in [1.807, 2.05) is 6.07 Å². The lowest BCUT2D eigenvalue weighted by Crippen LogP contribution is -2.14. The SMILES string of the molecule is CCS(=O)(=O)c1ccc(CC(=O)Cc2cc(Cl)c(C3(c4noc(-c5ccc(Cl)s5)n4)CC3)c(Cl)c2)nc1. The minimum absolute atomic E-state index is 0.0108. The summed E-state index contributed by atoms with van der Waals surface area (Å²) in [6.07, 6.45) is 2.99. The van der Waals surface area contributed by atoms with Crippen LogP contribution in [0.25, 0.3) is 10.8 Å². The third-order valence-electron chi connectivity index (χ3n) is 6.28. The number of carbonyl (C=O) groups excluding carboxylic acids is 1. The predicted octanol–water partition coefficient (Wildman–Crippen LogP) is 6.38. The number of benzene rings is 1. The summed E-state index contributed by atoms with van der Waals surface area (Å²) in [4.78, 5) is 22.4. The largest absolute Gasteiger partial charge is 0.333 e. The van der Waals surface area contributed by atoms with E-state index in [-0.39, 0.29) is 29.3 Å². The van der Waals surface area contributed by atoms with Gasteiger partial charge in [-0.1, -0.05) is 46.9 Å². The van der Waals surface area contributed by atoms with Crippen molar-refractivity contribution in [2.45, 2.75) is 42.9 Å². The molecule has 1 aliphatic rings. The molecule has 0 N–H and O–H groups in total. The highest BCUT2D eigenvalue weighted by Crippen LogP contribution is 2.56. The molecule has 0 atom stereocenters. The molecule has 4 aromatic rings. The number of aromatic nitrogens is 3. The van der Waals surface area contributed by atoms with Gasteiger partial charge in [-0.05, 0) is 54.8 Å². The number of carbonyl (C=O) groups is 1. The smallest absolute Gasteiger partial charge is 0.268 e. The Bertz CT molecular complexity index is 1570. The molecule has 0 radical (unpaired) electrons. The number of nitrogens with zero attached hydrogens (tertiary/aromatic N) is 3. The molecular formula is C25H20Cl3N3O4S2. The molecule has 192 valence electrons. The Morgan fingerprint density at radius 2 is 1.81 bits per heavy atom. The first-order valence-electron chi connectivity index (χ1n) is 11.4. The minimum atomic E-state index is -3.34. The molecule has 37 heavy (non-hydrogen) atoms. The second-order valence-electron chi connectivity index (χ2n) is 8.82. The molecule has 1 saturated carbocycles. The summed E-state index contributed by atoms with van der Waals surface area (Å²) in [6, 6.07) is 10.1. The van der Waals surface area contributed by atoms with Gasteiger partial charge in [-0.15, -0.1) is 11.3 Å². The van der Waals surface area contributed by atoms with Gasteiger partial charge >= 0.3 is 0 Å². The maximum absolute atomic E-state index is 12.7. The topological polar surface area (TPSA) is 103 Å². The van der Waals surface area contributed by atoms with Crippen LogP contribution in [0.2, 0.25) is 14.4 Å². The van der Waals surface area contributed by atoms with E-state index >= 15 is 0 Å². The van der Waals surface area contributed by atoms with E-state index in [0.717, 1.165) is 23.3 Å². The van der Waals surface area contributed by atoms with Crippen molar-refractivity contribution in [2.75, 3.05) is 5.75 Å². The Hall–Kier alpha value is -2.30. The lowest BCUT2D eigenvalue weighted by atomic mass is 9.93. The zero-order valence-electron chi connectivity index (χ0n) is 19.5. The number of rotatable bonds is 9. The van der Waals surface area contributed by atoms with Crippen LogP contribution in [0.5, 0.6) is 0 Å². The van der Waals surface area contributed by atoms with Gasteiger partial charge in [0.1, 0.15) is 5.78 Å². The van der Waals surface area contributed by atoms with Gasteiger partial charge < -0.3 is 4.52 Å². The van der Waals surface area contributed by atoms with Crippen LogP contribution < -0.4 is 0 Å². The van der Waals surface area contributed by atoms with E-state index in [2.05, 4.69) is 15.1 Å². The fourth-order valence-corrected chi connectivity index (χ4v) is 6.88. The molecule has 0 unspecified atom stereocenters. The highest BCUT2D eigenvalue weighted by atomic mass is 35.5. The zero-order chi connectivity index (χ0) is 26.4. The number of hydrogen-bond acceptors (Lipinski definition) is 8. The Morgan fingerprint density at radius 3 is 2.38 bits per heavy atom. The highest BCUT2D eigenvalue weighted by Gasteiger charge is 2.52. The summed E-state index contributed by atoms with van der Waals surface area (Å²) < 4.78 is 30.0. The highest BCUT2D eigenvalue weighted by molar-refractivity contribution is 7.91. The molecular weight excluding hydrogens is 577 g/mol. The molecule has 0 spiro atoms. The summed E-state index contributed by atoms with van der Waals surface area (Å²) in [7, 11) is -3.34. The van der Waals surface area contributed by atoms with Crippen molar-refractivity contribution < 1.29 is 17.7 Å². The van der Waals surface area contributed by atoms with Crippen molar-refractivity contribution >= 4 is 61.8 Å². The van der Waals surface area contributed by atoms with E-state index in [9.17, 15) is 13.2 Å². The van der Waals surface area contributed by atoms with Crippen LogP contribution in [0.15, 0.2) is 52.0 Å². The quantitative estimate of drug-likeness (QED) is 0.221. The molecule has 1 fully saturated rings. The third-order valence-corrected chi connectivity index (χ3v) is 9.82. The molecule has 5 rings (SSSR count). The van der Waals surface area contributed by atoms with Gasteiger partial charge in [0.2, 0.25) is 0 Å². The normalized spacial score (nSPS) is 14.6. The van der Waals surface area contributed by atoms with Crippen LogP contribution in [-0.4, -0.2) is 35.1 Å². The Morgan fingerprint density at radius 1 is 1.08 bits per heavy atom. The monoisotopic (exact) mass is 595 g/mol. The number of pyridine rings is 1. The number of ketones is 1. The van der Waals surface area contributed by atoms with Crippen molar-refractivity contribution in [2.24, 2.45) is 0 Å². The van der Waals surface area contributed by atoms with Crippen molar-refractivity contribution in [3.05, 3.63) is 79.6 Å². The molecule has 7 nitrogen and oxygen atoms in total. The van der Waals surface area contributed by atoms with Crippen LogP contribution in [0.4, 0.5) is 0 Å². The van der Waals surface area contributed by atoms with Crippen LogP contribution in [-0.2, 0) is 32.9 Å². The van der Waals surface area contributed by atoms with E-state index in [0.29, 0.717) is 37.4 Å². The lowest BCUT2D eigenvalue weighted by Gasteiger charge is -2.16. The van der Waals surface area contributed by atoms with Crippen LogP contribution in [0, 0.1) is 0 Å². The van der Waals surface area contributed by atoms with Gasteiger partial charge in [0.15, 0.2) is 15.7 Å². The Labute approximate surface area is 232 Å². The predicted molar refractivity (Wildman–Crippen MR) is 143 cm³/mol. The standard InChI is InChI=1S/C25H20Cl3N3O4S2/c1-2-37(33,34)17-4-3-15(29-13-17)12-16(32)9-14-10-18(26)22(19(27)11-14)25(7-8-25)24-30-23(35-31-24)20-5-6-21(28)36-20/h3-6,10-11,13H,2,7-9,12H2,1H3. The number of thiophene rings is 1. The van der Waals surface area contributed by atoms with Crippen molar-refractivity contribution in [1.29, 1.82) is 0 Å². The second kappa shape index (κ2) is 10.1. The zero-order valence-corrected chi connectivity index (χ0v) is 23.4. The third kappa shape index (κ3) is 5.33. The van der Waals surface area contributed by atoms with Gasteiger partial charge in [0.05, 0.1) is 25.3 Å². The van der Waals surface area contributed by atoms with Crippen molar-refractivity contribution in [3.8, 4) is 10.8 Å². The number of halogens is 3. The summed E-state index contributed by atoms with van der Waals surface area (Å²) in [5.41, 5.74) is 1.35. The summed E-state index contributed by atoms with van der Waals surface area (Å²) in [5, 5.41) is 5.07. The van der Waals surface area contributed by atoms with Crippen LogP contribution >= 0.6 is 46.1 Å². The first-order valence-corrected chi connectivity index (χ1v) is 15.0. The van der Waals surface area contributed by atoms with E-state index < -0.39 is 15.3 Å². The number of hydrogen-bond donors (Lipinski definition) is 0. The number of sulfone groups is 1. The molecule has 0 aliphatic heterocycles. The van der Waals surface area contributed by atoms with Gasteiger partial charge in [-0.3, -0.25) is 9.78 Å². The fourth-order valence-electron chi connectivity index (χ4n) is 4.20. The molecule has 1 aromatic carbocycles. The Balaban J connectivity index is 1.32. The van der Waals surface area contributed by atoms with Gasteiger partial charge in [0, 0.05) is 40.3 Å². The van der Waals surface area contributed by atoms with Gasteiger partial charge in [-0.2, -0.15) is 4.98 Å². The Kier molecular flexibility index (Phi) is 7.19. The molecule has 3 aromatic heterocycles. The van der Waals surface area contributed by atoms with Crippen molar-refractivity contribution in [1.82, 2.24) is 15.1 Å². The maximum atomic E-state index is 12.7. The van der Waals surface area contributed by atoms with Crippen molar-refractivity contribution in [3.63, 3.8) is 0 Å². The molecule has 1 aliphatic carbocycles. The molecule has 0 saturated heterocycles. The summed E-state index contributed by atoms with van der Waals surface area (Å²) in [5.74, 6) is 0.793. The van der Waals surface area contributed by atoms with E-state index in [1.54, 1.807) is 31.2 Å². The molecule has 0 amide bonds. The van der Waals surface area contributed by atoms with E-state index in [4.69, 9.17) is 39.3 Å². The first-order chi connectivity index (χ1) is 17.6. The molecule has 0 bridgehead atoms. The van der Waals surface area contributed by atoms with E-state index in [1.165, 1.54) is 23.6 Å². The minimum Gasteiger partial charge on any atom is -0.333 e. The van der Waals surface area contributed by atoms with Gasteiger partial charge in [-0.25, -0.2) is 8.42 Å². The second-order valence-corrected chi connectivity index (χ2v) is 13.6. The first kappa shape index (κ1) is 26.3.